The summed E-state index contributed by atoms with van der Waals surface area (Å²) in [6.45, 7) is 3.45. The van der Waals surface area contributed by atoms with Crippen molar-refractivity contribution in [2.45, 2.75) is 45.3 Å². The van der Waals surface area contributed by atoms with Crippen LogP contribution in [0.1, 0.15) is 33.1 Å². The standard InChI is InChI=1S/C11H19F3N2O3/c1-3-16(8(2)7-9(17)18)10(19)15-6-4-5-11(12,13)14/h8H,3-7H2,1-2H3,(H,15,19)(H,17,18). The molecule has 0 saturated carbocycles. The van der Waals surface area contributed by atoms with Crippen LogP contribution >= 0.6 is 0 Å². The van der Waals surface area contributed by atoms with Gasteiger partial charge in [0.2, 0.25) is 0 Å². The second kappa shape index (κ2) is 7.85. The second-order valence-electron chi connectivity index (χ2n) is 4.18. The quantitative estimate of drug-likeness (QED) is 0.704. The minimum Gasteiger partial charge on any atom is -0.481 e. The maximum absolute atomic E-state index is 11.9. The second-order valence-corrected chi connectivity index (χ2v) is 4.18. The molecule has 0 aliphatic carbocycles. The van der Waals surface area contributed by atoms with Gasteiger partial charge in [-0.3, -0.25) is 4.79 Å². The molecule has 0 rings (SSSR count). The van der Waals surface area contributed by atoms with Crippen LogP contribution in [0.5, 0.6) is 0 Å². The Morgan fingerprint density at radius 1 is 1.37 bits per heavy atom. The van der Waals surface area contributed by atoms with Crippen LogP contribution < -0.4 is 5.32 Å². The number of carbonyl (C=O) groups is 2. The van der Waals surface area contributed by atoms with Gasteiger partial charge in [-0.25, -0.2) is 4.79 Å². The number of carbonyl (C=O) groups excluding carboxylic acids is 1. The molecule has 0 aromatic rings. The molecule has 0 spiro atoms. The minimum atomic E-state index is -4.23. The number of amides is 2. The van der Waals surface area contributed by atoms with Crippen LogP contribution in [0.25, 0.3) is 0 Å². The molecule has 0 aromatic carbocycles. The van der Waals surface area contributed by atoms with Crippen molar-refractivity contribution in [2.75, 3.05) is 13.1 Å². The van der Waals surface area contributed by atoms with Gasteiger partial charge in [0.05, 0.1) is 6.42 Å². The summed E-state index contributed by atoms with van der Waals surface area (Å²) in [7, 11) is 0. The Balaban J connectivity index is 4.11. The van der Waals surface area contributed by atoms with Crippen molar-refractivity contribution in [3.8, 4) is 0 Å². The third kappa shape index (κ3) is 8.28. The summed E-state index contributed by atoms with van der Waals surface area (Å²) in [5.74, 6) is -1.03. The smallest absolute Gasteiger partial charge is 0.389 e. The topological polar surface area (TPSA) is 69.6 Å². The van der Waals surface area contributed by atoms with Gasteiger partial charge in [0, 0.05) is 25.6 Å². The van der Waals surface area contributed by atoms with E-state index in [9.17, 15) is 22.8 Å². The van der Waals surface area contributed by atoms with Crippen molar-refractivity contribution < 1.29 is 27.9 Å². The molecule has 1 unspecified atom stereocenters. The Bertz CT molecular complexity index is 308. The zero-order chi connectivity index (χ0) is 15.1. The van der Waals surface area contributed by atoms with Gasteiger partial charge in [-0.15, -0.1) is 0 Å². The highest BCUT2D eigenvalue weighted by Crippen LogP contribution is 2.20. The fourth-order valence-corrected chi connectivity index (χ4v) is 1.60. The first-order chi connectivity index (χ1) is 8.67. The van der Waals surface area contributed by atoms with E-state index in [4.69, 9.17) is 5.11 Å². The molecule has 0 heterocycles. The molecular weight excluding hydrogens is 265 g/mol. The predicted molar refractivity (Wildman–Crippen MR) is 62.8 cm³/mol. The van der Waals surface area contributed by atoms with Gasteiger partial charge in [0.15, 0.2) is 0 Å². The Kier molecular flexibility index (Phi) is 7.25. The van der Waals surface area contributed by atoms with Crippen molar-refractivity contribution in [1.82, 2.24) is 10.2 Å². The Hall–Kier alpha value is -1.47. The largest absolute Gasteiger partial charge is 0.481 e. The molecule has 2 N–H and O–H groups in total. The molecule has 1 atom stereocenters. The fourth-order valence-electron chi connectivity index (χ4n) is 1.60. The fraction of sp³-hybridized carbons (Fsp3) is 0.818. The highest BCUT2D eigenvalue weighted by molar-refractivity contribution is 5.75. The number of alkyl halides is 3. The predicted octanol–water partition coefficient (Wildman–Crippen LogP) is 2.22. The summed E-state index contributed by atoms with van der Waals surface area (Å²) in [5, 5.41) is 11.0. The number of hydrogen-bond donors (Lipinski definition) is 2. The summed E-state index contributed by atoms with van der Waals surface area (Å²) in [4.78, 5) is 23.5. The van der Waals surface area contributed by atoms with Crippen LogP contribution in [0.3, 0.4) is 0 Å². The Labute approximate surface area is 109 Å². The molecule has 2 amide bonds. The van der Waals surface area contributed by atoms with Crippen LogP contribution in [0.15, 0.2) is 0 Å². The van der Waals surface area contributed by atoms with E-state index in [2.05, 4.69) is 5.32 Å². The van der Waals surface area contributed by atoms with E-state index < -0.39 is 30.6 Å². The van der Waals surface area contributed by atoms with Crippen LogP contribution in [0.4, 0.5) is 18.0 Å². The molecule has 112 valence electrons. The van der Waals surface area contributed by atoms with E-state index in [0.717, 1.165) is 0 Å². The molecule has 0 aromatic heterocycles. The van der Waals surface area contributed by atoms with Gasteiger partial charge in [-0.1, -0.05) is 0 Å². The number of hydrogen-bond acceptors (Lipinski definition) is 2. The van der Waals surface area contributed by atoms with Crippen LogP contribution in [-0.2, 0) is 4.79 Å². The van der Waals surface area contributed by atoms with E-state index in [1.807, 2.05) is 0 Å². The number of urea groups is 1. The lowest BCUT2D eigenvalue weighted by Crippen LogP contribution is -2.46. The third-order valence-electron chi connectivity index (χ3n) is 2.52. The summed E-state index contributed by atoms with van der Waals surface area (Å²) >= 11 is 0. The van der Waals surface area contributed by atoms with Crippen molar-refractivity contribution in [1.29, 1.82) is 0 Å². The maximum atomic E-state index is 11.9. The van der Waals surface area contributed by atoms with E-state index in [-0.39, 0.29) is 19.4 Å². The number of aliphatic carboxylic acids is 1. The van der Waals surface area contributed by atoms with E-state index >= 15 is 0 Å². The van der Waals surface area contributed by atoms with Crippen molar-refractivity contribution >= 4 is 12.0 Å². The molecular formula is C11H19F3N2O3. The van der Waals surface area contributed by atoms with E-state index in [1.54, 1.807) is 13.8 Å². The normalized spacial score (nSPS) is 12.9. The number of nitrogens with zero attached hydrogens (tertiary/aromatic N) is 1. The van der Waals surface area contributed by atoms with Gasteiger partial charge in [-0.05, 0) is 20.3 Å². The molecule has 0 saturated heterocycles. The first kappa shape index (κ1) is 17.5. The number of halogens is 3. The average Bonchev–Trinajstić information content (AvgIpc) is 2.23. The molecule has 8 heteroatoms. The molecule has 0 fully saturated rings. The monoisotopic (exact) mass is 284 g/mol. The Morgan fingerprint density at radius 3 is 2.37 bits per heavy atom. The van der Waals surface area contributed by atoms with Crippen molar-refractivity contribution in [3.63, 3.8) is 0 Å². The average molecular weight is 284 g/mol. The summed E-state index contributed by atoms with van der Waals surface area (Å²) in [5.41, 5.74) is 0. The molecule has 0 radical (unpaired) electrons. The van der Waals surface area contributed by atoms with Crippen LogP contribution in [-0.4, -0.2) is 47.3 Å². The lowest BCUT2D eigenvalue weighted by Gasteiger charge is -2.27. The first-order valence-corrected chi connectivity index (χ1v) is 6.00. The zero-order valence-corrected chi connectivity index (χ0v) is 11.0. The molecule has 0 aliphatic heterocycles. The number of carboxylic acids is 1. The lowest BCUT2D eigenvalue weighted by molar-refractivity contribution is -0.138. The highest BCUT2D eigenvalue weighted by atomic mass is 19.4. The number of carboxylic acid groups (broad SMARTS) is 1. The van der Waals surface area contributed by atoms with Gasteiger partial charge in [0.1, 0.15) is 0 Å². The number of nitrogens with one attached hydrogen (secondary N) is 1. The van der Waals surface area contributed by atoms with Crippen molar-refractivity contribution in [2.24, 2.45) is 0 Å². The summed E-state index contributed by atoms with van der Waals surface area (Å²) < 4.78 is 35.7. The zero-order valence-electron chi connectivity index (χ0n) is 11.0. The molecule has 19 heavy (non-hydrogen) atoms. The highest BCUT2D eigenvalue weighted by Gasteiger charge is 2.26. The summed E-state index contributed by atoms with van der Waals surface area (Å²) in [6, 6.07) is -1.05. The summed E-state index contributed by atoms with van der Waals surface area (Å²) in [6.07, 6.45) is -5.58. The molecule has 0 bridgehead atoms. The first-order valence-electron chi connectivity index (χ1n) is 6.00. The van der Waals surface area contributed by atoms with Gasteiger partial charge >= 0.3 is 18.2 Å². The van der Waals surface area contributed by atoms with Crippen LogP contribution in [0.2, 0.25) is 0 Å². The van der Waals surface area contributed by atoms with E-state index in [1.165, 1.54) is 4.90 Å². The minimum absolute atomic E-state index is 0.0887. The van der Waals surface area contributed by atoms with Gasteiger partial charge in [0.25, 0.3) is 0 Å². The molecule has 5 nitrogen and oxygen atoms in total. The SMILES string of the molecule is CCN(C(=O)NCCCC(F)(F)F)C(C)CC(=O)O. The van der Waals surface area contributed by atoms with E-state index in [0.29, 0.717) is 6.54 Å². The molecule has 0 aliphatic rings. The number of rotatable bonds is 7. The Morgan fingerprint density at radius 2 is 1.95 bits per heavy atom. The van der Waals surface area contributed by atoms with Gasteiger partial charge < -0.3 is 15.3 Å². The maximum Gasteiger partial charge on any atom is 0.389 e. The third-order valence-corrected chi connectivity index (χ3v) is 2.52. The van der Waals surface area contributed by atoms with Crippen molar-refractivity contribution in [3.05, 3.63) is 0 Å². The lowest BCUT2D eigenvalue weighted by atomic mass is 10.2. The van der Waals surface area contributed by atoms with Gasteiger partial charge in [-0.2, -0.15) is 13.2 Å². The van der Waals surface area contributed by atoms with Crippen LogP contribution in [0, 0.1) is 0 Å².